The Bertz CT molecular complexity index is 615. The molecule has 2 bridgehead atoms. The first-order valence-corrected chi connectivity index (χ1v) is 12.5. The van der Waals surface area contributed by atoms with Crippen LogP contribution in [0.2, 0.25) is 19.6 Å². The summed E-state index contributed by atoms with van der Waals surface area (Å²) in [4.78, 5) is 2.73. The van der Waals surface area contributed by atoms with Crippen molar-refractivity contribution in [3.8, 4) is 11.5 Å². The Labute approximate surface area is 142 Å². The Morgan fingerprint density at radius 3 is 2.61 bits per heavy atom. The molecule has 23 heavy (non-hydrogen) atoms. The molecule has 122 valence electrons. The average molecular weight is 324 g/mol. The van der Waals surface area contributed by atoms with E-state index in [1.54, 1.807) is 5.57 Å². The lowest BCUT2D eigenvalue weighted by Crippen LogP contribution is -2.47. The molecular weight excluding hydrogens is 294 g/mol. The van der Waals surface area contributed by atoms with Gasteiger partial charge in [-0.15, -0.1) is 11.5 Å². The van der Waals surface area contributed by atoms with Crippen LogP contribution in [0.25, 0.3) is 0 Å². The van der Waals surface area contributed by atoms with E-state index < -0.39 is 8.07 Å². The lowest BCUT2D eigenvalue weighted by Gasteiger charge is -2.45. The van der Waals surface area contributed by atoms with Crippen LogP contribution in [0.5, 0.6) is 0 Å². The minimum Gasteiger partial charge on any atom is -0.289 e. The summed E-state index contributed by atoms with van der Waals surface area (Å²) < 4.78 is 0. The number of rotatable bonds is 3. The third-order valence-electron chi connectivity index (χ3n) is 4.84. The molecule has 1 saturated heterocycles. The zero-order valence-electron chi connectivity index (χ0n) is 14.8. The number of benzene rings is 1. The molecule has 0 N–H and O–H groups in total. The van der Waals surface area contributed by atoms with Gasteiger partial charge in [-0.1, -0.05) is 68.0 Å². The molecule has 0 saturated carbocycles. The SMILES string of the molecule is C[Si](C)(C)C#CCC1=CC2CCCC(C1)N2Cc1ccccc1. The van der Waals surface area contributed by atoms with Gasteiger partial charge in [-0.2, -0.15) is 0 Å². The summed E-state index contributed by atoms with van der Waals surface area (Å²) in [6.07, 6.45) is 8.80. The smallest absolute Gasteiger partial charge is 0.129 e. The summed E-state index contributed by atoms with van der Waals surface area (Å²) in [7, 11) is -1.23. The molecule has 2 atom stereocenters. The van der Waals surface area contributed by atoms with E-state index in [-0.39, 0.29) is 0 Å². The van der Waals surface area contributed by atoms with E-state index in [1.165, 1.54) is 31.2 Å². The number of hydrogen-bond acceptors (Lipinski definition) is 1. The van der Waals surface area contributed by atoms with Gasteiger partial charge >= 0.3 is 0 Å². The largest absolute Gasteiger partial charge is 0.289 e. The fourth-order valence-corrected chi connectivity index (χ4v) is 4.42. The Morgan fingerprint density at radius 2 is 1.91 bits per heavy atom. The topological polar surface area (TPSA) is 3.24 Å². The molecule has 0 aromatic heterocycles. The van der Waals surface area contributed by atoms with E-state index in [0.29, 0.717) is 6.04 Å². The lowest BCUT2D eigenvalue weighted by atomic mass is 9.84. The van der Waals surface area contributed by atoms with E-state index in [0.717, 1.165) is 19.0 Å². The summed E-state index contributed by atoms with van der Waals surface area (Å²) >= 11 is 0. The predicted molar refractivity (Wildman–Crippen MR) is 102 cm³/mol. The first-order chi connectivity index (χ1) is 11.0. The Morgan fingerprint density at radius 1 is 1.13 bits per heavy atom. The molecule has 2 aliphatic heterocycles. The van der Waals surface area contributed by atoms with Crippen molar-refractivity contribution in [1.29, 1.82) is 0 Å². The van der Waals surface area contributed by atoms with Gasteiger partial charge in [0.25, 0.3) is 0 Å². The fraction of sp³-hybridized carbons (Fsp3) is 0.524. The average Bonchev–Trinajstić information content (AvgIpc) is 2.47. The van der Waals surface area contributed by atoms with Crippen molar-refractivity contribution in [2.24, 2.45) is 0 Å². The second-order valence-corrected chi connectivity index (χ2v) is 12.8. The van der Waals surface area contributed by atoms with Crippen LogP contribution in [-0.2, 0) is 6.54 Å². The van der Waals surface area contributed by atoms with Crippen LogP contribution in [0.3, 0.4) is 0 Å². The van der Waals surface area contributed by atoms with Crippen molar-refractivity contribution in [3.05, 3.63) is 47.5 Å². The molecule has 1 nitrogen and oxygen atoms in total. The normalized spacial score (nSPS) is 24.6. The summed E-state index contributed by atoms with van der Waals surface area (Å²) in [6.45, 7) is 8.07. The van der Waals surface area contributed by atoms with Gasteiger partial charge in [0.1, 0.15) is 8.07 Å². The van der Waals surface area contributed by atoms with Crippen molar-refractivity contribution >= 4 is 8.07 Å². The lowest BCUT2D eigenvalue weighted by molar-refractivity contribution is 0.0882. The van der Waals surface area contributed by atoms with Gasteiger partial charge in [-0.25, -0.2) is 0 Å². The quantitative estimate of drug-likeness (QED) is 0.429. The summed E-state index contributed by atoms with van der Waals surface area (Å²) in [5.41, 5.74) is 6.56. The van der Waals surface area contributed by atoms with E-state index in [2.05, 4.69) is 72.4 Å². The Hall–Kier alpha value is -1.30. The molecule has 2 unspecified atom stereocenters. The van der Waals surface area contributed by atoms with Gasteiger partial charge in [0.15, 0.2) is 0 Å². The van der Waals surface area contributed by atoms with Crippen molar-refractivity contribution < 1.29 is 0 Å². The van der Waals surface area contributed by atoms with Crippen molar-refractivity contribution in [2.75, 3.05) is 0 Å². The highest BCUT2D eigenvalue weighted by atomic mass is 28.3. The second-order valence-electron chi connectivity index (χ2n) is 8.07. The highest BCUT2D eigenvalue weighted by molar-refractivity contribution is 6.83. The van der Waals surface area contributed by atoms with Crippen molar-refractivity contribution in [3.63, 3.8) is 0 Å². The van der Waals surface area contributed by atoms with Crippen LogP contribution in [0.1, 0.15) is 37.7 Å². The molecule has 2 heterocycles. The Kier molecular flexibility index (Phi) is 5.09. The van der Waals surface area contributed by atoms with E-state index in [1.807, 2.05) is 0 Å². The fourth-order valence-electron chi connectivity index (χ4n) is 3.80. The molecule has 2 aliphatic rings. The van der Waals surface area contributed by atoms with E-state index >= 15 is 0 Å². The summed E-state index contributed by atoms with van der Waals surface area (Å²) in [5, 5.41) is 0. The van der Waals surface area contributed by atoms with Crippen LogP contribution >= 0.6 is 0 Å². The van der Waals surface area contributed by atoms with Crippen LogP contribution in [0.15, 0.2) is 42.0 Å². The molecule has 3 rings (SSSR count). The van der Waals surface area contributed by atoms with Crippen molar-refractivity contribution in [2.45, 2.75) is 70.4 Å². The van der Waals surface area contributed by atoms with Crippen LogP contribution < -0.4 is 0 Å². The van der Waals surface area contributed by atoms with Gasteiger partial charge in [0.2, 0.25) is 0 Å². The second kappa shape index (κ2) is 7.07. The Balaban J connectivity index is 1.70. The minimum absolute atomic E-state index is 0.631. The number of fused-ring (bicyclic) bond motifs is 2. The standard InChI is InChI=1S/C21H29NSi/c1-23(2,3)14-8-11-19-15-20-12-7-13-21(16-19)22(20)17-18-9-5-4-6-10-18/h4-6,9-10,15,20-21H,7,11-13,16-17H2,1-3H3. The predicted octanol–water partition coefficient (Wildman–Crippen LogP) is 5.01. The molecular formula is C21H29NSi. The summed E-state index contributed by atoms with van der Waals surface area (Å²) in [6, 6.07) is 12.3. The molecule has 0 amide bonds. The molecule has 0 aliphatic carbocycles. The first-order valence-electron chi connectivity index (χ1n) is 9.00. The minimum atomic E-state index is -1.23. The third kappa shape index (κ3) is 4.59. The van der Waals surface area contributed by atoms with Gasteiger partial charge in [-0.3, -0.25) is 4.90 Å². The van der Waals surface area contributed by atoms with Crippen molar-refractivity contribution in [1.82, 2.24) is 4.90 Å². The first kappa shape index (κ1) is 16.6. The van der Waals surface area contributed by atoms with Crippen LogP contribution in [0.4, 0.5) is 0 Å². The third-order valence-corrected chi connectivity index (χ3v) is 5.77. The highest BCUT2D eigenvalue weighted by Gasteiger charge is 2.33. The monoisotopic (exact) mass is 323 g/mol. The highest BCUT2D eigenvalue weighted by Crippen LogP contribution is 2.35. The molecule has 1 aromatic carbocycles. The summed E-state index contributed by atoms with van der Waals surface area (Å²) in [5.74, 6) is 3.47. The van der Waals surface area contributed by atoms with Gasteiger partial charge in [-0.05, 0) is 24.8 Å². The molecule has 1 aromatic rings. The zero-order valence-corrected chi connectivity index (χ0v) is 15.8. The maximum absolute atomic E-state index is 3.52. The van der Waals surface area contributed by atoms with Crippen LogP contribution in [-0.4, -0.2) is 25.1 Å². The number of nitrogens with zero attached hydrogens (tertiary/aromatic N) is 1. The number of piperidine rings is 1. The van der Waals surface area contributed by atoms with Gasteiger partial charge in [0.05, 0.1) is 0 Å². The van der Waals surface area contributed by atoms with Gasteiger partial charge in [0, 0.05) is 25.0 Å². The van der Waals surface area contributed by atoms with E-state index in [4.69, 9.17) is 0 Å². The molecule has 0 radical (unpaired) electrons. The molecule has 2 heteroatoms. The maximum Gasteiger partial charge on any atom is 0.129 e. The zero-order chi connectivity index (χ0) is 16.3. The van der Waals surface area contributed by atoms with Crippen LogP contribution in [0, 0.1) is 11.5 Å². The maximum atomic E-state index is 3.52. The van der Waals surface area contributed by atoms with E-state index in [9.17, 15) is 0 Å². The van der Waals surface area contributed by atoms with Gasteiger partial charge < -0.3 is 0 Å². The molecule has 0 spiro atoms. The molecule has 1 fully saturated rings. The number of hydrogen-bond donors (Lipinski definition) is 0.